The summed E-state index contributed by atoms with van der Waals surface area (Å²) in [5, 5.41) is 9.77. The van der Waals surface area contributed by atoms with E-state index in [0.29, 0.717) is 11.5 Å². The van der Waals surface area contributed by atoms with Crippen LogP contribution in [0, 0.1) is 0 Å². The van der Waals surface area contributed by atoms with Crippen molar-refractivity contribution in [2.45, 2.75) is 24.8 Å². The molecule has 4 nitrogen and oxygen atoms in total. The van der Waals surface area contributed by atoms with Gasteiger partial charge in [0.05, 0.1) is 14.2 Å². The first-order chi connectivity index (χ1) is 7.58. The van der Waals surface area contributed by atoms with Gasteiger partial charge in [-0.1, -0.05) is 0 Å². The van der Waals surface area contributed by atoms with E-state index in [4.69, 9.17) is 15.2 Å². The zero-order chi connectivity index (χ0) is 11.8. The van der Waals surface area contributed by atoms with Crippen LogP contribution in [0.25, 0.3) is 0 Å². The average molecular weight is 223 g/mol. The molecule has 3 N–H and O–H groups in total. The van der Waals surface area contributed by atoms with Crippen molar-refractivity contribution in [3.05, 3.63) is 17.7 Å². The van der Waals surface area contributed by atoms with Gasteiger partial charge in [-0.05, 0) is 37.0 Å². The SMILES string of the molecule is COc1cc(CC2(N)CC2)cc(O)c1OC. The summed E-state index contributed by atoms with van der Waals surface area (Å²) >= 11 is 0. The third-order valence-corrected chi connectivity index (χ3v) is 2.97. The fraction of sp³-hybridized carbons (Fsp3) is 0.500. The van der Waals surface area contributed by atoms with E-state index < -0.39 is 0 Å². The largest absolute Gasteiger partial charge is 0.504 e. The van der Waals surface area contributed by atoms with E-state index in [1.165, 1.54) is 7.11 Å². The van der Waals surface area contributed by atoms with Gasteiger partial charge in [-0.3, -0.25) is 0 Å². The number of nitrogens with two attached hydrogens (primary N) is 1. The van der Waals surface area contributed by atoms with Crippen LogP contribution in [0.3, 0.4) is 0 Å². The molecule has 0 radical (unpaired) electrons. The molecule has 1 fully saturated rings. The number of phenolic OH excluding ortho intramolecular Hbond substituents is 1. The van der Waals surface area contributed by atoms with Gasteiger partial charge in [0, 0.05) is 5.54 Å². The first-order valence-corrected chi connectivity index (χ1v) is 5.31. The third kappa shape index (κ3) is 2.07. The number of hydrogen-bond acceptors (Lipinski definition) is 4. The third-order valence-electron chi connectivity index (χ3n) is 2.97. The van der Waals surface area contributed by atoms with Gasteiger partial charge in [0.15, 0.2) is 11.5 Å². The Hall–Kier alpha value is -1.42. The summed E-state index contributed by atoms with van der Waals surface area (Å²) in [6.45, 7) is 0. The Morgan fingerprint density at radius 2 is 2.00 bits per heavy atom. The Morgan fingerprint density at radius 1 is 1.31 bits per heavy atom. The fourth-order valence-corrected chi connectivity index (χ4v) is 1.85. The van der Waals surface area contributed by atoms with Crippen molar-refractivity contribution in [1.29, 1.82) is 0 Å². The van der Waals surface area contributed by atoms with E-state index in [1.54, 1.807) is 13.2 Å². The standard InChI is InChI=1S/C12H17NO3/c1-15-10-6-8(7-12(13)3-4-12)5-9(14)11(10)16-2/h5-6,14H,3-4,7,13H2,1-2H3. The van der Waals surface area contributed by atoms with E-state index in [2.05, 4.69) is 0 Å². The number of phenols is 1. The molecule has 0 bridgehead atoms. The van der Waals surface area contributed by atoms with Crippen LogP contribution in [0.4, 0.5) is 0 Å². The molecule has 0 atom stereocenters. The van der Waals surface area contributed by atoms with Crippen LogP contribution in [0.15, 0.2) is 12.1 Å². The lowest BCUT2D eigenvalue weighted by Crippen LogP contribution is -2.24. The zero-order valence-electron chi connectivity index (χ0n) is 9.62. The molecule has 1 aliphatic carbocycles. The minimum Gasteiger partial charge on any atom is -0.504 e. The second kappa shape index (κ2) is 3.87. The van der Waals surface area contributed by atoms with E-state index in [-0.39, 0.29) is 11.3 Å². The van der Waals surface area contributed by atoms with Crippen molar-refractivity contribution in [1.82, 2.24) is 0 Å². The van der Waals surface area contributed by atoms with Crippen LogP contribution in [-0.4, -0.2) is 24.9 Å². The number of hydrogen-bond donors (Lipinski definition) is 2. The molecule has 0 saturated heterocycles. The second-order valence-corrected chi connectivity index (χ2v) is 4.39. The van der Waals surface area contributed by atoms with Crippen molar-refractivity contribution in [2.24, 2.45) is 5.73 Å². The van der Waals surface area contributed by atoms with Crippen molar-refractivity contribution in [3.8, 4) is 17.2 Å². The molecular formula is C12H17NO3. The quantitative estimate of drug-likeness (QED) is 0.810. The molecule has 1 aromatic carbocycles. The molecule has 2 rings (SSSR count). The topological polar surface area (TPSA) is 64.7 Å². The second-order valence-electron chi connectivity index (χ2n) is 4.39. The van der Waals surface area contributed by atoms with Crippen LogP contribution in [0.1, 0.15) is 18.4 Å². The number of benzene rings is 1. The molecule has 1 aliphatic rings. The van der Waals surface area contributed by atoms with Crippen molar-refractivity contribution < 1.29 is 14.6 Å². The summed E-state index contributed by atoms with van der Waals surface area (Å²) in [5.41, 5.74) is 6.94. The average Bonchev–Trinajstić information content (AvgIpc) is 2.95. The molecule has 0 unspecified atom stereocenters. The Bertz CT molecular complexity index is 399. The maximum Gasteiger partial charge on any atom is 0.203 e. The van der Waals surface area contributed by atoms with Crippen molar-refractivity contribution in [3.63, 3.8) is 0 Å². The highest BCUT2D eigenvalue weighted by molar-refractivity contribution is 5.53. The fourth-order valence-electron chi connectivity index (χ4n) is 1.85. The van der Waals surface area contributed by atoms with Crippen molar-refractivity contribution >= 4 is 0 Å². The van der Waals surface area contributed by atoms with E-state index in [9.17, 15) is 5.11 Å². The molecule has 0 amide bonds. The van der Waals surface area contributed by atoms with Gasteiger partial charge in [0.2, 0.25) is 5.75 Å². The summed E-state index contributed by atoms with van der Waals surface area (Å²) in [4.78, 5) is 0. The zero-order valence-corrected chi connectivity index (χ0v) is 9.62. The van der Waals surface area contributed by atoms with Gasteiger partial charge < -0.3 is 20.3 Å². The minimum absolute atomic E-state index is 0.0773. The summed E-state index contributed by atoms with van der Waals surface area (Å²) in [6.07, 6.45) is 2.85. The lowest BCUT2D eigenvalue weighted by molar-refractivity contribution is 0.332. The minimum atomic E-state index is -0.0773. The maximum absolute atomic E-state index is 9.77. The van der Waals surface area contributed by atoms with Crippen molar-refractivity contribution in [2.75, 3.05) is 14.2 Å². The highest BCUT2D eigenvalue weighted by atomic mass is 16.5. The lowest BCUT2D eigenvalue weighted by Gasteiger charge is -2.13. The summed E-state index contributed by atoms with van der Waals surface area (Å²) in [7, 11) is 3.05. The molecular weight excluding hydrogens is 206 g/mol. The highest BCUT2D eigenvalue weighted by Crippen LogP contribution is 2.41. The molecule has 0 heterocycles. The van der Waals surface area contributed by atoms with Gasteiger partial charge in [-0.15, -0.1) is 0 Å². The smallest absolute Gasteiger partial charge is 0.203 e. The number of aromatic hydroxyl groups is 1. The molecule has 88 valence electrons. The predicted octanol–water partition coefficient (Wildman–Crippen LogP) is 1.44. The predicted molar refractivity (Wildman–Crippen MR) is 61.1 cm³/mol. The van der Waals surface area contributed by atoms with Crippen LogP contribution >= 0.6 is 0 Å². The number of rotatable bonds is 4. The number of methoxy groups -OCH3 is 2. The van der Waals surface area contributed by atoms with Gasteiger partial charge in [0.1, 0.15) is 0 Å². The Balaban J connectivity index is 2.30. The van der Waals surface area contributed by atoms with Crippen LogP contribution in [0.2, 0.25) is 0 Å². The monoisotopic (exact) mass is 223 g/mol. The normalized spacial score (nSPS) is 16.9. The van der Waals surface area contributed by atoms with Gasteiger partial charge in [-0.25, -0.2) is 0 Å². The highest BCUT2D eigenvalue weighted by Gasteiger charge is 2.38. The van der Waals surface area contributed by atoms with Gasteiger partial charge in [0.25, 0.3) is 0 Å². The maximum atomic E-state index is 9.77. The van der Waals surface area contributed by atoms with Crippen LogP contribution in [0.5, 0.6) is 17.2 Å². The molecule has 0 spiro atoms. The lowest BCUT2D eigenvalue weighted by atomic mass is 10.0. The van der Waals surface area contributed by atoms with Gasteiger partial charge >= 0.3 is 0 Å². The van der Waals surface area contributed by atoms with Gasteiger partial charge in [-0.2, -0.15) is 0 Å². The number of ether oxygens (including phenoxy) is 2. The first kappa shape index (κ1) is 11.1. The molecule has 0 aromatic heterocycles. The Kier molecular flexibility index (Phi) is 2.68. The summed E-state index contributed by atoms with van der Waals surface area (Å²) < 4.78 is 10.2. The van der Waals surface area contributed by atoms with Crippen LogP contribution < -0.4 is 15.2 Å². The Labute approximate surface area is 95.0 Å². The summed E-state index contributed by atoms with van der Waals surface area (Å²) in [6, 6.07) is 3.56. The molecule has 0 aliphatic heterocycles. The Morgan fingerprint density at radius 3 is 2.50 bits per heavy atom. The molecule has 16 heavy (non-hydrogen) atoms. The van der Waals surface area contributed by atoms with E-state index >= 15 is 0 Å². The van der Waals surface area contributed by atoms with E-state index in [1.807, 2.05) is 6.07 Å². The van der Waals surface area contributed by atoms with E-state index in [0.717, 1.165) is 24.8 Å². The molecule has 1 aromatic rings. The molecule has 1 saturated carbocycles. The van der Waals surface area contributed by atoms with Crippen LogP contribution in [-0.2, 0) is 6.42 Å². The molecule has 4 heteroatoms. The first-order valence-electron chi connectivity index (χ1n) is 5.31. The summed E-state index contributed by atoms with van der Waals surface area (Å²) in [5.74, 6) is 1.01.